The van der Waals surface area contributed by atoms with E-state index in [9.17, 15) is 4.79 Å². The number of aromatic nitrogens is 3. The third-order valence-electron chi connectivity index (χ3n) is 3.89. The number of amides is 1. The lowest BCUT2D eigenvalue weighted by molar-refractivity contribution is -0.124. The van der Waals surface area contributed by atoms with Crippen molar-refractivity contribution in [1.82, 2.24) is 14.8 Å². The predicted octanol–water partition coefficient (Wildman–Crippen LogP) is 1.80. The molecule has 6 nitrogen and oxygen atoms in total. The molecule has 3 N–H and O–H groups in total. The van der Waals surface area contributed by atoms with E-state index in [1.165, 1.54) is 0 Å². The summed E-state index contributed by atoms with van der Waals surface area (Å²) in [6, 6.07) is 7.53. The lowest BCUT2D eigenvalue weighted by Gasteiger charge is -2.24. The van der Waals surface area contributed by atoms with Crippen molar-refractivity contribution in [3.05, 3.63) is 30.6 Å². The zero-order valence-corrected chi connectivity index (χ0v) is 12.6. The number of aryl methyl sites for hydroxylation is 1. The second kappa shape index (κ2) is 6.05. The van der Waals surface area contributed by atoms with Crippen LogP contribution in [0.25, 0.3) is 11.4 Å². The smallest absolute Gasteiger partial charge is 0.231 e. The molecule has 1 atom stereocenters. The van der Waals surface area contributed by atoms with Crippen molar-refractivity contribution in [3.63, 3.8) is 0 Å². The molecular formula is C15H21N5O. The highest BCUT2D eigenvalue weighted by molar-refractivity contribution is 5.95. The highest BCUT2D eigenvalue weighted by atomic mass is 16.2. The van der Waals surface area contributed by atoms with Crippen LogP contribution in [0.5, 0.6) is 0 Å². The molecule has 0 saturated heterocycles. The van der Waals surface area contributed by atoms with Gasteiger partial charge in [-0.25, -0.2) is 0 Å². The first-order valence-electron chi connectivity index (χ1n) is 6.96. The zero-order valence-electron chi connectivity index (χ0n) is 12.6. The van der Waals surface area contributed by atoms with Crippen LogP contribution in [0.15, 0.2) is 30.6 Å². The summed E-state index contributed by atoms with van der Waals surface area (Å²) in [6.45, 7) is 4.16. The summed E-state index contributed by atoms with van der Waals surface area (Å²) in [5.74, 6) is 0.729. The van der Waals surface area contributed by atoms with Crippen LogP contribution in [0.4, 0.5) is 5.69 Å². The largest absolute Gasteiger partial charge is 0.329 e. The third-order valence-corrected chi connectivity index (χ3v) is 3.89. The van der Waals surface area contributed by atoms with E-state index in [1.807, 2.05) is 49.7 Å². The molecule has 6 heteroatoms. The Labute approximate surface area is 124 Å². The Morgan fingerprint density at radius 2 is 2.05 bits per heavy atom. The Kier molecular flexibility index (Phi) is 4.37. The van der Waals surface area contributed by atoms with E-state index in [2.05, 4.69) is 15.5 Å². The molecule has 112 valence electrons. The van der Waals surface area contributed by atoms with Gasteiger partial charge in [-0.3, -0.25) is 4.79 Å². The lowest BCUT2D eigenvalue weighted by Crippen LogP contribution is -2.39. The quantitative estimate of drug-likeness (QED) is 0.878. The van der Waals surface area contributed by atoms with Gasteiger partial charge < -0.3 is 15.6 Å². The van der Waals surface area contributed by atoms with Crippen LogP contribution in [0.2, 0.25) is 0 Å². The van der Waals surface area contributed by atoms with E-state index < -0.39 is 5.41 Å². The van der Waals surface area contributed by atoms with Gasteiger partial charge in [0.05, 0.1) is 5.41 Å². The van der Waals surface area contributed by atoms with E-state index in [1.54, 1.807) is 6.33 Å². The van der Waals surface area contributed by atoms with Gasteiger partial charge in [0.25, 0.3) is 0 Å². The maximum Gasteiger partial charge on any atom is 0.231 e. The highest BCUT2D eigenvalue weighted by Gasteiger charge is 2.29. The van der Waals surface area contributed by atoms with E-state index in [0.717, 1.165) is 17.1 Å². The maximum absolute atomic E-state index is 12.2. The van der Waals surface area contributed by atoms with Crippen molar-refractivity contribution in [1.29, 1.82) is 0 Å². The SMILES string of the molecule is CCC(C)(CN)C(=O)Nc1ccc(-c2nncn2C)cc1. The first-order valence-corrected chi connectivity index (χ1v) is 6.96. The summed E-state index contributed by atoms with van der Waals surface area (Å²) >= 11 is 0. The first-order chi connectivity index (χ1) is 10.00. The third kappa shape index (κ3) is 3.11. The van der Waals surface area contributed by atoms with Gasteiger partial charge >= 0.3 is 0 Å². The fraction of sp³-hybridized carbons (Fsp3) is 0.400. The fourth-order valence-electron chi connectivity index (χ4n) is 1.93. The summed E-state index contributed by atoms with van der Waals surface area (Å²) in [5, 5.41) is 10.8. The van der Waals surface area contributed by atoms with Gasteiger partial charge in [-0.05, 0) is 37.6 Å². The normalized spacial score (nSPS) is 13.7. The number of anilines is 1. The maximum atomic E-state index is 12.2. The number of nitrogens with two attached hydrogens (primary N) is 1. The predicted molar refractivity (Wildman–Crippen MR) is 82.5 cm³/mol. The summed E-state index contributed by atoms with van der Waals surface area (Å²) in [4.78, 5) is 12.2. The molecular weight excluding hydrogens is 266 g/mol. The average Bonchev–Trinajstić information content (AvgIpc) is 2.93. The van der Waals surface area contributed by atoms with Gasteiger partial charge in [-0.2, -0.15) is 0 Å². The highest BCUT2D eigenvalue weighted by Crippen LogP contribution is 2.23. The number of rotatable bonds is 5. The summed E-state index contributed by atoms with van der Waals surface area (Å²) in [6.07, 6.45) is 2.35. The Morgan fingerprint density at radius 3 is 2.52 bits per heavy atom. The number of nitrogens with one attached hydrogen (secondary N) is 1. The number of nitrogens with zero attached hydrogens (tertiary/aromatic N) is 3. The molecule has 1 aromatic heterocycles. The molecule has 2 rings (SSSR count). The van der Waals surface area contributed by atoms with Crippen LogP contribution in [0.3, 0.4) is 0 Å². The Bertz CT molecular complexity index is 613. The second-order valence-corrected chi connectivity index (χ2v) is 5.42. The molecule has 1 unspecified atom stereocenters. The second-order valence-electron chi connectivity index (χ2n) is 5.42. The molecule has 1 heterocycles. The minimum Gasteiger partial charge on any atom is -0.329 e. The zero-order chi connectivity index (χ0) is 15.5. The van der Waals surface area contributed by atoms with Crippen LogP contribution < -0.4 is 11.1 Å². The summed E-state index contributed by atoms with van der Waals surface area (Å²) in [5.41, 5.74) is 6.86. The topological polar surface area (TPSA) is 85.8 Å². The van der Waals surface area contributed by atoms with Gasteiger partial charge in [0.1, 0.15) is 6.33 Å². The molecule has 0 bridgehead atoms. The van der Waals surface area contributed by atoms with Crippen molar-refractivity contribution in [2.45, 2.75) is 20.3 Å². The summed E-state index contributed by atoms with van der Waals surface area (Å²) < 4.78 is 1.84. The lowest BCUT2D eigenvalue weighted by atomic mass is 9.86. The molecule has 1 aromatic carbocycles. The van der Waals surface area contributed by atoms with Crippen molar-refractivity contribution in [2.75, 3.05) is 11.9 Å². The van der Waals surface area contributed by atoms with E-state index in [0.29, 0.717) is 13.0 Å². The van der Waals surface area contributed by atoms with Crippen LogP contribution in [0, 0.1) is 5.41 Å². The molecule has 2 aromatic rings. The van der Waals surface area contributed by atoms with Gasteiger partial charge in [0.2, 0.25) is 5.91 Å². The number of hydrogen-bond donors (Lipinski definition) is 2. The molecule has 0 saturated carbocycles. The van der Waals surface area contributed by atoms with Crippen LogP contribution in [-0.4, -0.2) is 27.2 Å². The molecule has 21 heavy (non-hydrogen) atoms. The van der Waals surface area contributed by atoms with Gasteiger partial charge in [-0.15, -0.1) is 10.2 Å². The van der Waals surface area contributed by atoms with Crippen LogP contribution in [-0.2, 0) is 11.8 Å². The number of carbonyl (C=O) groups excluding carboxylic acids is 1. The Hall–Kier alpha value is -2.21. The summed E-state index contributed by atoms with van der Waals surface area (Å²) in [7, 11) is 1.89. The van der Waals surface area contributed by atoms with Crippen LogP contribution in [0.1, 0.15) is 20.3 Å². The van der Waals surface area contributed by atoms with Crippen molar-refractivity contribution < 1.29 is 4.79 Å². The minimum atomic E-state index is -0.539. The van der Waals surface area contributed by atoms with Gasteiger partial charge in [0.15, 0.2) is 5.82 Å². The Morgan fingerprint density at radius 1 is 1.38 bits per heavy atom. The van der Waals surface area contributed by atoms with Crippen molar-refractivity contribution in [2.24, 2.45) is 18.2 Å². The number of hydrogen-bond acceptors (Lipinski definition) is 4. The molecule has 0 aliphatic carbocycles. The molecule has 0 fully saturated rings. The first kappa shape index (κ1) is 15.2. The monoisotopic (exact) mass is 287 g/mol. The standard InChI is InChI=1S/C15H21N5O/c1-4-15(2,9-16)14(21)18-12-7-5-11(6-8-12)13-19-17-10-20(13)3/h5-8,10H,4,9,16H2,1-3H3,(H,18,21). The van der Waals surface area contributed by atoms with Crippen molar-refractivity contribution in [3.8, 4) is 11.4 Å². The molecule has 0 radical (unpaired) electrons. The Balaban J connectivity index is 2.13. The molecule has 0 aliphatic rings. The van der Waals surface area contributed by atoms with Crippen LogP contribution >= 0.6 is 0 Å². The minimum absolute atomic E-state index is 0.0566. The molecule has 0 aliphatic heterocycles. The number of carbonyl (C=O) groups is 1. The molecule has 1 amide bonds. The van der Waals surface area contributed by atoms with Gasteiger partial charge in [-0.1, -0.05) is 6.92 Å². The van der Waals surface area contributed by atoms with Gasteiger partial charge in [0, 0.05) is 24.8 Å². The van der Waals surface area contributed by atoms with E-state index >= 15 is 0 Å². The number of benzene rings is 1. The van der Waals surface area contributed by atoms with E-state index in [-0.39, 0.29) is 5.91 Å². The average molecular weight is 287 g/mol. The molecule has 0 spiro atoms. The van der Waals surface area contributed by atoms with E-state index in [4.69, 9.17) is 5.73 Å². The van der Waals surface area contributed by atoms with Crippen molar-refractivity contribution >= 4 is 11.6 Å². The fourth-order valence-corrected chi connectivity index (χ4v) is 1.93.